The average Bonchev–Trinajstić information content (AvgIpc) is 2.82. The molecule has 4 rings (SSSR count). The van der Waals surface area contributed by atoms with Gasteiger partial charge in [-0.05, 0) is 48.1 Å². The summed E-state index contributed by atoms with van der Waals surface area (Å²) in [4.78, 5) is 0. The Kier molecular flexibility index (Phi) is 10.2. The van der Waals surface area contributed by atoms with E-state index in [0.717, 1.165) is 11.3 Å². The summed E-state index contributed by atoms with van der Waals surface area (Å²) in [5.74, 6) is 3.36. The van der Waals surface area contributed by atoms with Gasteiger partial charge in [0.25, 0.3) is 0 Å². The molecule has 0 aromatic heterocycles. The Morgan fingerprint density at radius 1 is 0.600 bits per heavy atom. The van der Waals surface area contributed by atoms with Crippen LogP contribution < -0.4 is 20.7 Å². The number of benzene rings is 4. The first-order valence-electron chi connectivity index (χ1n) is 9.38. The van der Waals surface area contributed by atoms with E-state index in [1.165, 1.54) is 15.9 Å². The van der Waals surface area contributed by atoms with E-state index < -0.39 is 7.92 Å². The smallest absolute Gasteiger partial charge is 0.497 e. The molecule has 0 aliphatic carbocycles. The van der Waals surface area contributed by atoms with Gasteiger partial charge in [0.15, 0.2) is 0 Å². The summed E-state index contributed by atoms with van der Waals surface area (Å²) in [7, 11) is 1.18. The van der Waals surface area contributed by atoms with E-state index in [-0.39, 0.29) is 22.4 Å². The van der Waals surface area contributed by atoms with Crippen molar-refractivity contribution in [3.05, 3.63) is 121 Å². The first kappa shape index (κ1) is 23.7. The largest absolute Gasteiger partial charge is 1.00 e. The summed E-state index contributed by atoms with van der Waals surface area (Å²) in [6.07, 6.45) is 5.15. The fourth-order valence-corrected chi connectivity index (χ4v) is 5.17. The van der Waals surface area contributed by atoms with Gasteiger partial charge in [0.05, 0.1) is 7.11 Å². The van der Waals surface area contributed by atoms with Gasteiger partial charge in [-0.1, -0.05) is 96.9 Å². The summed E-state index contributed by atoms with van der Waals surface area (Å²) in [5, 5.41) is 4.19. The van der Waals surface area contributed by atoms with Crippen LogP contribution in [0.25, 0.3) is 0 Å². The Hall–Kier alpha value is -2.59. The first-order chi connectivity index (χ1) is 14.3. The molecule has 0 fully saturated rings. The van der Waals surface area contributed by atoms with Crippen molar-refractivity contribution in [2.75, 3.05) is 7.11 Å². The maximum atomic E-state index is 5.15. The predicted octanol–water partition coefficient (Wildman–Crippen LogP) is 5.12. The minimum atomic E-state index is -0.446. The van der Waals surface area contributed by atoms with Crippen LogP contribution in [0.2, 0.25) is 0 Å². The molecule has 152 valence electrons. The molecule has 0 unspecified atom stereocenters. The maximum Gasteiger partial charge on any atom is 1.00 e. The summed E-state index contributed by atoms with van der Waals surface area (Å²) in [6.45, 7) is 0. The summed E-state index contributed by atoms with van der Waals surface area (Å²) < 4.78 is 4.95. The minimum absolute atomic E-state index is 0. The van der Waals surface area contributed by atoms with Gasteiger partial charge in [-0.2, -0.15) is 0 Å². The molecule has 4 aromatic rings. The molecule has 0 aliphatic rings. The molecular formula is C27H23AuOP+. The van der Waals surface area contributed by atoms with Crippen molar-refractivity contribution < 1.29 is 27.1 Å². The number of hydrogen-bond donors (Lipinski definition) is 0. The zero-order valence-corrected chi connectivity index (χ0v) is 19.8. The molecule has 0 saturated carbocycles. The molecule has 0 heterocycles. The monoisotopic (exact) mass is 591 g/mol. The van der Waals surface area contributed by atoms with E-state index in [9.17, 15) is 0 Å². The minimum Gasteiger partial charge on any atom is -0.497 e. The van der Waals surface area contributed by atoms with Crippen molar-refractivity contribution in [3.8, 4) is 18.1 Å². The fraction of sp³-hybridized carbons (Fsp3) is 0.0370. The Bertz CT molecular complexity index is 933. The van der Waals surface area contributed by atoms with Gasteiger partial charge in [0.1, 0.15) is 5.75 Å². The van der Waals surface area contributed by atoms with Crippen LogP contribution in [0.5, 0.6) is 5.75 Å². The molecule has 4 aromatic carbocycles. The Morgan fingerprint density at radius 3 is 1.27 bits per heavy atom. The third-order valence-electron chi connectivity index (χ3n) is 4.30. The molecule has 0 radical (unpaired) electrons. The van der Waals surface area contributed by atoms with Gasteiger partial charge in [-0.3, -0.25) is 0 Å². The van der Waals surface area contributed by atoms with Gasteiger partial charge in [-0.25, -0.2) is 0 Å². The molecule has 0 amide bonds. The number of ether oxygens (including phenoxy) is 1. The van der Waals surface area contributed by atoms with E-state index in [1.807, 2.05) is 24.3 Å². The molecule has 0 N–H and O–H groups in total. The molecule has 0 saturated heterocycles. The molecule has 3 heteroatoms. The number of terminal acetylenes is 1. The second-order valence-corrected chi connectivity index (χ2v) is 8.43. The Morgan fingerprint density at radius 2 is 0.967 bits per heavy atom. The molecule has 0 spiro atoms. The van der Waals surface area contributed by atoms with Crippen molar-refractivity contribution in [1.29, 1.82) is 0 Å². The SMILES string of the molecule is C#Cc1ccc(OC)cc1.[Au+].c1ccc(P(c2ccccc2)c2ccccc2)cc1. The van der Waals surface area contributed by atoms with Crippen molar-refractivity contribution >= 4 is 23.8 Å². The first-order valence-corrected chi connectivity index (χ1v) is 10.7. The molecule has 30 heavy (non-hydrogen) atoms. The van der Waals surface area contributed by atoms with E-state index >= 15 is 0 Å². The molecule has 0 bridgehead atoms. The maximum absolute atomic E-state index is 5.15. The van der Waals surface area contributed by atoms with Gasteiger partial charge < -0.3 is 4.74 Å². The van der Waals surface area contributed by atoms with Crippen LogP contribution >= 0.6 is 7.92 Å². The third kappa shape index (κ3) is 6.74. The fourth-order valence-electron chi connectivity index (χ4n) is 2.87. The van der Waals surface area contributed by atoms with Crippen molar-refractivity contribution in [2.24, 2.45) is 0 Å². The predicted molar refractivity (Wildman–Crippen MR) is 126 cm³/mol. The quantitative estimate of drug-likeness (QED) is 0.182. The van der Waals surface area contributed by atoms with Gasteiger partial charge in [-0.15, -0.1) is 6.42 Å². The van der Waals surface area contributed by atoms with E-state index in [0.29, 0.717) is 0 Å². The second kappa shape index (κ2) is 12.9. The molecule has 0 aliphatic heterocycles. The average molecular weight is 591 g/mol. The molecule has 1 nitrogen and oxygen atoms in total. The van der Waals surface area contributed by atoms with E-state index in [2.05, 4.69) is 96.9 Å². The van der Waals surface area contributed by atoms with Crippen molar-refractivity contribution in [2.45, 2.75) is 0 Å². The summed E-state index contributed by atoms with van der Waals surface area (Å²) in [6, 6.07) is 39.7. The standard InChI is InChI=1S/C18H15P.C9H8O.Au/c1-4-10-16(11-5-1)19(17-12-6-2-7-13-17)18-14-8-3-9-15-18;1-3-8-4-6-9(10-2)7-5-8;/h1-15H;1,4-7H,2H3;/q;;+1. The summed E-state index contributed by atoms with van der Waals surface area (Å²) in [5.41, 5.74) is 0.876. The Balaban J connectivity index is 0.000000249. The zero-order chi connectivity index (χ0) is 20.3. The van der Waals surface area contributed by atoms with Gasteiger partial charge >= 0.3 is 22.4 Å². The normalized spacial score (nSPS) is 9.50. The van der Waals surface area contributed by atoms with E-state index in [4.69, 9.17) is 11.2 Å². The zero-order valence-electron chi connectivity index (χ0n) is 16.7. The van der Waals surface area contributed by atoms with Gasteiger partial charge in [0.2, 0.25) is 0 Å². The van der Waals surface area contributed by atoms with Gasteiger partial charge in [0, 0.05) is 5.56 Å². The van der Waals surface area contributed by atoms with Crippen molar-refractivity contribution in [1.82, 2.24) is 0 Å². The van der Waals surface area contributed by atoms with Crippen LogP contribution in [-0.2, 0) is 22.4 Å². The molecular weight excluding hydrogens is 568 g/mol. The Labute approximate surface area is 196 Å². The number of rotatable bonds is 4. The van der Waals surface area contributed by atoms with Crippen LogP contribution in [-0.4, -0.2) is 7.11 Å². The second-order valence-electron chi connectivity index (χ2n) is 6.21. The van der Waals surface area contributed by atoms with E-state index in [1.54, 1.807) is 7.11 Å². The van der Waals surface area contributed by atoms with Crippen LogP contribution in [0, 0.1) is 12.3 Å². The number of hydrogen-bond acceptors (Lipinski definition) is 1. The number of methoxy groups -OCH3 is 1. The summed E-state index contributed by atoms with van der Waals surface area (Å²) >= 11 is 0. The van der Waals surface area contributed by atoms with Crippen LogP contribution in [0.3, 0.4) is 0 Å². The molecule has 0 atom stereocenters. The topological polar surface area (TPSA) is 9.23 Å². The van der Waals surface area contributed by atoms with Crippen LogP contribution in [0.15, 0.2) is 115 Å². The van der Waals surface area contributed by atoms with Crippen LogP contribution in [0.1, 0.15) is 5.56 Å². The van der Waals surface area contributed by atoms with Crippen molar-refractivity contribution in [3.63, 3.8) is 0 Å². The van der Waals surface area contributed by atoms with Crippen LogP contribution in [0.4, 0.5) is 0 Å². The third-order valence-corrected chi connectivity index (χ3v) is 6.74.